The summed E-state index contributed by atoms with van der Waals surface area (Å²) < 4.78 is 36.1. The van der Waals surface area contributed by atoms with Gasteiger partial charge in [-0.2, -0.15) is 4.72 Å². The molecule has 0 aliphatic rings. The first-order chi connectivity index (χ1) is 17.1. The van der Waals surface area contributed by atoms with Gasteiger partial charge in [0, 0.05) is 40.4 Å². The second-order valence-corrected chi connectivity index (χ2v) is 10.8. The highest BCUT2D eigenvalue weighted by Gasteiger charge is 2.30. The number of aliphatic imine (C=N–C) groups is 1. The average molecular weight is 536 g/mol. The summed E-state index contributed by atoms with van der Waals surface area (Å²) >= 11 is 1.56. The molecular formula is C23H29N5O6S2. The molecule has 1 atom stereocenters. The lowest BCUT2D eigenvalue weighted by atomic mass is 10.1. The van der Waals surface area contributed by atoms with E-state index in [1.54, 1.807) is 23.5 Å². The lowest BCUT2D eigenvalue weighted by molar-refractivity contribution is -0.145. The molecule has 0 saturated heterocycles. The van der Waals surface area contributed by atoms with Gasteiger partial charge in [0.05, 0.1) is 11.5 Å². The van der Waals surface area contributed by atoms with E-state index in [2.05, 4.69) is 9.71 Å². The lowest BCUT2D eigenvalue weighted by Crippen LogP contribution is -2.50. The van der Waals surface area contributed by atoms with Gasteiger partial charge in [-0.3, -0.25) is 14.6 Å². The van der Waals surface area contributed by atoms with Crippen molar-refractivity contribution in [3.8, 4) is 0 Å². The molecule has 6 N–H and O–H groups in total. The zero-order valence-corrected chi connectivity index (χ0v) is 21.3. The Labute approximate surface area is 212 Å². The number of nitrogens with zero attached hydrogens (tertiary/aromatic N) is 2. The molecule has 1 heterocycles. The maximum Gasteiger partial charge on any atom is 0.323 e. The molecule has 13 heteroatoms. The Kier molecular flexibility index (Phi) is 9.20. The van der Waals surface area contributed by atoms with Crippen LogP contribution in [0.1, 0.15) is 12.8 Å². The van der Waals surface area contributed by atoms with Crippen LogP contribution in [0.25, 0.3) is 20.2 Å². The standard InChI is InChI=1S/C23H29N5O6S2/c1-34-12-11-28(14-21(29)30)22(31)18(6-4-10-26-23(24)25)27-36(32,33)15-8-9-20-17(13-15)16-5-2-3-7-19(16)35-20/h2-3,5,7-9,13,18,27H,4,6,10-12,14H2,1H3,(H,29,30)(H4,24,25,26)/t18-/m0/s1. The summed E-state index contributed by atoms with van der Waals surface area (Å²) in [5.41, 5.74) is 10.7. The highest BCUT2D eigenvalue weighted by atomic mass is 32.2. The summed E-state index contributed by atoms with van der Waals surface area (Å²) in [6, 6.07) is 11.3. The van der Waals surface area contributed by atoms with E-state index < -0.39 is 34.5 Å². The van der Waals surface area contributed by atoms with E-state index in [4.69, 9.17) is 16.2 Å². The monoisotopic (exact) mass is 535 g/mol. The Bertz CT molecular complexity index is 1370. The van der Waals surface area contributed by atoms with Crippen molar-refractivity contribution in [1.29, 1.82) is 0 Å². The molecule has 0 bridgehead atoms. The fraction of sp³-hybridized carbons (Fsp3) is 0.348. The van der Waals surface area contributed by atoms with Gasteiger partial charge in [0.15, 0.2) is 5.96 Å². The molecule has 1 aromatic heterocycles. The van der Waals surface area contributed by atoms with Crippen molar-refractivity contribution in [2.24, 2.45) is 16.5 Å². The zero-order valence-electron chi connectivity index (χ0n) is 19.7. The molecule has 0 aliphatic heterocycles. The minimum absolute atomic E-state index is 0.00209. The van der Waals surface area contributed by atoms with Gasteiger partial charge in [-0.1, -0.05) is 18.2 Å². The van der Waals surface area contributed by atoms with Crippen molar-refractivity contribution in [1.82, 2.24) is 9.62 Å². The van der Waals surface area contributed by atoms with Gasteiger partial charge in [0.1, 0.15) is 12.6 Å². The van der Waals surface area contributed by atoms with E-state index in [0.717, 1.165) is 25.1 Å². The molecule has 1 amide bonds. The maximum absolute atomic E-state index is 13.4. The predicted octanol–water partition coefficient (Wildman–Crippen LogP) is 1.31. The number of carbonyl (C=O) groups is 2. The number of sulfonamides is 1. The third kappa shape index (κ3) is 6.91. The van der Waals surface area contributed by atoms with Crippen LogP contribution in [0.3, 0.4) is 0 Å². The van der Waals surface area contributed by atoms with E-state index in [-0.39, 0.29) is 43.4 Å². The number of nitrogens with two attached hydrogens (primary N) is 2. The van der Waals surface area contributed by atoms with Gasteiger partial charge >= 0.3 is 5.97 Å². The predicted molar refractivity (Wildman–Crippen MR) is 139 cm³/mol. The summed E-state index contributed by atoms with van der Waals surface area (Å²) in [5.74, 6) is -2.02. The van der Waals surface area contributed by atoms with Gasteiger partial charge in [-0.25, -0.2) is 8.42 Å². The number of benzene rings is 2. The van der Waals surface area contributed by atoms with Gasteiger partial charge in [-0.05, 0) is 37.1 Å². The fourth-order valence-electron chi connectivity index (χ4n) is 3.72. The number of thiophene rings is 1. The first-order valence-electron chi connectivity index (χ1n) is 11.1. The highest BCUT2D eigenvalue weighted by molar-refractivity contribution is 7.89. The van der Waals surface area contributed by atoms with Crippen molar-refractivity contribution < 1.29 is 27.9 Å². The SMILES string of the molecule is COCCN(CC(=O)O)C(=O)[C@H](CCCN=C(N)N)NS(=O)(=O)c1ccc2sc3ccccc3c2c1. The lowest BCUT2D eigenvalue weighted by Gasteiger charge is -2.26. The first-order valence-corrected chi connectivity index (χ1v) is 13.4. The molecule has 0 spiro atoms. The summed E-state index contributed by atoms with van der Waals surface area (Å²) in [7, 11) is -2.72. The van der Waals surface area contributed by atoms with Gasteiger partial charge < -0.3 is 26.2 Å². The number of hydrogen-bond donors (Lipinski definition) is 4. The number of aliphatic carboxylic acids is 1. The normalized spacial score (nSPS) is 12.5. The summed E-state index contributed by atoms with van der Waals surface area (Å²) in [4.78, 5) is 29.5. The van der Waals surface area contributed by atoms with E-state index in [9.17, 15) is 23.1 Å². The third-order valence-electron chi connectivity index (χ3n) is 5.40. The van der Waals surface area contributed by atoms with Crippen molar-refractivity contribution in [2.45, 2.75) is 23.8 Å². The Morgan fingerprint density at radius 2 is 1.89 bits per heavy atom. The number of fused-ring (bicyclic) bond motifs is 3. The van der Waals surface area contributed by atoms with E-state index in [0.29, 0.717) is 0 Å². The number of carboxylic acid groups (broad SMARTS) is 1. The number of methoxy groups -OCH3 is 1. The number of hydrogen-bond acceptors (Lipinski definition) is 7. The Hall–Kier alpha value is -3.26. The van der Waals surface area contributed by atoms with Crippen LogP contribution in [0.2, 0.25) is 0 Å². The molecular weight excluding hydrogens is 506 g/mol. The third-order valence-corrected chi connectivity index (χ3v) is 8.02. The Balaban J connectivity index is 1.91. The highest BCUT2D eigenvalue weighted by Crippen LogP contribution is 2.34. The molecule has 0 saturated carbocycles. The molecule has 2 aromatic carbocycles. The summed E-state index contributed by atoms with van der Waals surface area (Å²) in [6.07, 6.45) is 0.345. The summed E-state index contributed by atoms with van der Waals surface area (Å²) in [6.45, 7) is -0.339. The largest absolute Gasteiger partial charge is 0.480 e. The van der Waals surface area contributed by atoms with Crippen LogP contribution in [0.4, 0.5) is 0 Å². The van der Waals surface area contributed by atoms with Crippen molar-refractivity contribution in [3.63, 3.8) is 0 Å². The number of carbonyl (C=O) groups excluding carboxylic acids is 1. The Morgan fingerprint density at radius 3 is 2.58 bits per heavy atom. The maximum atomic E-state index is 13.4. The molecule has 194 valence electrons. The van der Waals surface area contributed by atoms with Gasteiger partial charge in [0.25, 0.3) is 0 Å². The van der Waals surface area contributed by atoms with Crippen LogP contribution in [-0.4, -0.2) is 75.7 Å². The minimum Gasteiger partial charge on any atom is -0.480 e. The van der Waals surface area contributed by atoms with Crippen LogP contribution in [0, 0.1) is 0 Å². The van der Waals surface area contributed by atoms with E-state index in [1.807, 2.05) is 24.3 Å². The second kappa shape index (κ2) is 12.1. The number of carboxylic acids is 1. The van der Waals surface area contributed by atoms with E-state index >= 15 is 0 Å². The molecule has 0 radical (unpaired) electrons. The van der Waals surface area contributed by atoms with Gasteiger partial charge in [-0.15, -0.1) is 11.3 Å². The molecule has 0 aliphatic carbocycles. The number of nitrogens with one attached hydrogen (secondary N) is 1. The molecule has 0 fully saturated rings. The smallest absolute Gasteiger partial charge is 0.323 e. The quantitative estimate of drug-likeness (QED) is 0.144. The number of guanidine groups is 1. The zero-order chi connectivity index (χ0) is 26.3. The van der Waals surface area contributed by atoms with Crippen LogP contribution >= 0.6 is 11.3 Å². The van der Waals surface area contributed by atoms with Crippen LogP contribution in [0.5, 0.6) is 0 Å². The van der Waals surface area contributed by atoms with Crippen molar-refractivity contribution in [2.75, 3.05) is 33.4 Å². The number of ether oxygens (including phenoxy) is 1. The average Bonchev–Trinajstić information content (AvgIpc) is 3.20. The molecule has 3 rings (SSSR count). The minimum atomic E-state index is -4.14. The number of rotatable bonds is 13. The number of amides is 1. The topological polar surface area (TPSA) is 177 Å². The van der Waals surface area contributed by atoms with Crippen molar-refractivity contribution in [3.05, 3.63) is 42.5 Å². The fourth-order valence-corrected chi connectivity index (χ4v) is 6.05. The van der Waals surface area contributed by atoms with Crippen LogP contribution < -0.4 is 16.2 Å². The first kappa shape index (κ1) is 27.3. The second-order valence-electron chi connectivity index (χ2n) is 8.03. The Morgan fingerprint density at radius 1 is 1.17 bits per heavy atom. The van der Waals surface area contributed by atoms with Crippen molar-refractivity contribution >= 4 is 59.4 Å². The van der Waals surface area contributed by atoms with Crippen LogP contribution in [0.15, 0.2) is 52.4 Å². The van der Waals surface area contributed by atoms with Gasteiger partial charge in [0.2, 0.25) is 15.9 Å². The molecule has 11 nitrogen and oxygen atoms in total. The van der Waals surface area contributed by atoms with Crippen LogP contribution in [-0.2, 0) is 24.3 Å². The van der Waals surface area contributed by atoms with E-state index in [1.165, 1.54) is 13.2 Å². The summed E-state index contributed by atoms with van der Waals surface area (Å²) in [5, 5.41) is 11.0. The molecule has 3 aromatic rings. The molecule has 0 unspecified atom stereocenters. The molecule has 36 heavy (non-hydrogen) atoms.